The van der Waals surface area contributed by atoms with Crippen molar-refractivity contribution in [2.45, 2.75) is 0 Å². The van der Waals surface area contributed by atoms with E-state index in [2.05, 4.69) is 82.8 Å². The van der Waals surface area contributed by atoms with Gasteiger partial charge in [0.25, 0.3) is 0 Å². The Kier molecular flexibility index (Phi) is 4.83. The highest BCUT2D eigenvalue weighted by molar-refractivity contribution is 7.13. The van der Waals surface area contributed by atoms with Crippen LogP contribution in [-0.2, 0) is 0 Å². The summed E-state index contributed by atoms with van der Waals surface area (Å²) in [4.78, 5) is 18.7. The highest BCUT2D eigenvalue weighted by Gasteiger charge is 2.14. The van der Waals surface area contributed by atoms with Gasteiger partial charge in [0.05, 0.1) is 22.8 Å². The molecule has 0 radical (unpaired) electrons. The summed E-state index contributed by atoms with van der Waals surface area (Å²) in [5, 5.41) is 13.3. The zero-order valence-corrected chi connectivity index (χ0v) is 21.6. The van der Waals surface area contributed by atoms with E-state index in [1.807, 2.05) is 35.3 Å². The first kappa shape index (κ1) is 21.6. The number of rotatable bonds is 4. The van der Waals surface area contributed by atoms with Gasteiger partial charge in [0.2, 0.25) is 0 Å². The number of benzene rings is 4. The molecule has 0 spiro atoms. The van der Waals surface area contributed by atoms with Crippen LogP contribution in [0.3, 0.4) is 0 Å². The Hall–Kier alpha value is -4.52. The largest absolute Gasteiger partial charge is 0.245 e. The van der Waals surface area contributed by atoms with Crippen LogP contribution in [0.4, 0.5) is 0 Å². The van der Waals surface area contributed by atoms with Crippen molar-refractivity contribution in [3.8, 4) is 43.9 Å². The molecule has 38 heavy (non-hydrogen) atoms. The number of thiazole rings is 2. The molecule has 0 fully saturated rings. The van der Waals surface area contributed by atoms with Crippen molar-refractivity contribution >= 4 is 55.0 Å². The Morgan fingerprint density at radius 2 is 0.842 bits per heavy atom. The lowest BCUT2D eigenvalue weighted by Gasteiger charge is -2.14. The molecule has 178 valence electrons. The van der Waals surface area contributed by atoms with E-state index < -0.39 is 0 Å². The SMILES string of the molecule is c1cc(-c2cc3ccc4cc(-c5cccc(-c6nccs6)n5)cc5ccc(c2)c3c45)nc(-c2nccs2)c1. The van der Waals surface area contributed by atoms with Gasteiger partial charge in [-0.05, 0) is 80.8 Å². The predicted octanol–water partition coefficient (Wildman–Crippen LogP) is 8.95. The van der Waals surface area contributed by atoms with E-state index in [4.69, 9.17) is 9.97 Å². The summed E-state index contributed by atoms with van der Waals surface area (Å²) in [5.41, 5.74) is 5.94. The van der Waals surface area contributed by atoms with Crippen LogP contribution in [-0.4, -0.2) is 19.9 Å². The fraction of sp³-hybridized carbons (Fsp3) is 0. The van der Waals surface area contributed by atoms with Gasteiger partial charge in [0.1, 0.15) is 10.0 Å². The van der Waals surface area contributed by atoms with Crippen LogP contribution in [0.15, 0.2) is 108 Å². The Balaban J connectivity index is 1.27. The van der Waals surface area contributed by atoms with E-state index in [0.717, 1.165) is 43.9 Å². The monoisotopic (exact) mass is 522 g/mol. The van der Waals surface area contributed by atoms with Crippen molar-refractivity contribution in [2.24, 2.45) is 0 Å². The first-order chi connectivity index (χ1) is 18.8. The molecule has 0 amide bonds. The molecular weight excluding hydrogens is 505 g/mol. The second-order valence-electron chi connectivity index (χ2n) is 9.22. The summed E-state index contributed by atoms with van der Waals surface area (Å²) in [7, 11) is 0. The lowest BCUT2D eigenvalue weighted by molar-refractivity contribution is 1.29. The minimum atomic E-state index is 0.905. The molecule has 0 aliphatic rings. The van der Waals surface area contributed by atoms with Gasteiger partial charge in [-0.15, -0.1) is 22.7 Å². The van der Waals surface area contributed by atoms with Crippen molar-refractivity contribution in [3.63, 3.8) is 0 Å². The third-order valence-corrected chi connectivity index (χ3v) is 8.52. The highest BCUT2D eigenvalue weighted by atomic mass is 32.1. The highest BCUT2D eigenvalue weighted by Crippen LogP contribution is 2.39. The molecule has 0 N–H and O–H groups in total. The van der Waals surface area contributed by atoms with Gasteiger partial charge in [0, 0.05) is 34.3 Å². The van der Waals surface area contributed by atoms with Gasteiger partial charge in [-0.2, -0.15) is 0 Å². The van der Waals surface area contributed by atoms with Crippen LogP contribution in [0.2, 0.25) is 0 Å². The molecule has 0 bridgehead atoms. The molecule has 6 heteroatoms. The summed E-state index contributed by atoms with van der Waals surface area (Å²) < 4.78 is 0. The Labute approximate surface area is 226 Å². The maximum Gasteiger partial charge on any atom is 0.141 e. The third kappa shape index (κ3) is 3.49. The predicted molar refractivity (Wildman–Crippen MR) is 159 cm³/mol. The number of hydrogen-bond acceptors (Lipinski definition) is 6. The van der Waals surface area contributed by atoms with Crippen molar-refractivity contribution < 1.29 is 0 Å². The van der Waals surface area contributed by atoms with Crippen LogP contribution in [0.25, 0.3) is 76.2 Å². The van der Waals surface area contributed by atoms with Crippen molar-refractivity contribution in [3.05, 3.63) is 108 Å². The van der Waals surface area contributed by atoms with Gasteiger partial charge in [-0.25, -0.2) is 19.9 Å². The van der Waals surface area contributed by atoms with Crippen LogP contribution < -0.4 is 0 Å². The van der Waals surface area contributed by atoms with Gasteiger partial charge >= 0.3 is 0 Å². The zero-order valence-electron chi connectivity index (χ0n) is 20.0. The summed E-state index contributed by atoms with van der Waals surface area (Å²) in [6, 6.07) is 30.2. The normalized spacial score (nSPS) is 11.7. The lowest BCUT2D eigenvalue weighted by atomic mass is 9.90. The molecule has 0 aliphatic carbocycles. The quantitative estimate of drug-likeness (QED) is 0.217. The first-order valence-electron chi connectivity index (χ1n) is 12.3. The molecule has 0 aliphatic heterocycles. The van der Waals surface area contributed by atoms with Crippen LogP contribution in [0, 0.1) is 0 Å². The summed E-state index contributed by atoms with van der Waals surface area (Å²) in [6.07, 6.45) is 3.64. The molecule has 0 saturated carbocycles. The Bertz CT molecular complexity index is 1860. The molecule has 0 saturated heterocycles. The minimum absolute atomic E-state index is 0.905. The molecule has 0 unspecified atom stereocenters. The standard InChI is InChI=1S/C32H18N4S2/c1-3-25(35-27(5-1)31-33-11-13-37-31)23-15-19-7-9-21-17-24(18-22-10-8-20(16-23)29(19)30(21)22)26-4-2-6-28(36-26)32-34-12-14-38-32/h1-18H. The molecule has 8 aromatic rings. The molecule has 4 aromatic carbocycles. The van der Waals surface area contributed by atoms with Gasteiger partial charge in [0.15, 0.2) is 0 Å². The van der Waals surface area contributed by atoms with Crippen molar-refractivity contribution in [2.75, 3.05) is 0 Å². The molecule has 4 nitrogen and oxygen atoms in total. The molecule has 4 heterocycles. The fourth-order valence-corrected chi connectivity index (χ4v) is 6.48. The average molecular weight is 523 g/mol. The number of aromatic nitrogens is 4. The third-order valence-electron chi connectivity index (χ3n) is 6.93. The van der Waals surface area contributed by atoms with E-state index in [-0.39, 0.29) is 0 Å². The Morgan fingerprint density at radius 1 is 0.447 bits per heavy atom. The maximum atomic E-state index is 4.93. The van der Waals surface area contributed by atoms with E-state index in [1.54, 1.807) is 22.7 Å². The van der Waals surface area contributed by atoms with Crippen LogP contribution in [0.1, 0.15) is 0 Å². The van der Waals surface area contributed by atoms with Gasteiger partial charge in [-0.3, -0.25) is 0 Å². The van der Waals surface area contributed by atoms with Gasteiger partial charge < -0.3 is 0 Å². The van der Waals surface area contributed by atoms with E-state index >= 15 is 0 Å². The molecule has 4 aromatic heterocycles. The molecular formula is C32H18N4S2. The van der Waals surface area contributed by atoms with Crippen LogP contribution >= 0.6 is 22.7 Å². The summed E-state index contributed by atoms with van der Waals surface area (Å²) >= 11 is 3.21. The molecule has 8 rings (SSSR count). The summed E-state index contributed by atoms with van der Waals surface area (Å²) in [6.45, 7) is 0. The van der Waals surface area contributed by atoms with E-state index in [0.29, 0.717) is 0 Å². The number of nitrogens with zero attached hydrogens (tertiary/aromatic N) is 4. The number of hydrogen-bond donors (Lipinski definition) is 0. The maximum absolute atomic E-state index is 4.93. The second-order valence-corrected chi connectivity index (χ2v) is 11.0. The molecule has 0 atom stereocenters. The number of pyridine rings is 2. The van der Waals surface area contributed by atoms with Gasteiger partial charge in [-0.1, -0.05) is 36.4 Å². The fourth-order valence-electron chi connectivity index (χ4n) is 5.26. The smallest absolute Gasteiger partial charge is 0.141 e. The average Bonchev–Trinajstić information content (AvgIpc) is 3.71. The topological polar surface area (TPSA) is 51.6 Å². The minimum Gasteiger partial charge on any atom is -0.245 e. The van der Waals surface area contributed by atoms with E-state index in [1.165, 1.54) is 32.3 Å². The van der Waals surface area contributed by atoms with Crippen molar-refractivity contribution in [1.82, 2.24) is 19.9 Å². The van der Waals surface area contributed by atoms with Crippen molar-refractivity contribution in [1.29, 1.82) is 0 Å². The summed E-state index contributed by atoms with van der Waals surface area (Å²) in [5.74, 6) is 0. The van der Waals surface area contributed by atoms with E-state index in [9.17, 15) is 0 Å². The van der Waals surface area contributed by atoms with Crippen LogP contribution in [0.5, 0.6) is 0 Å². The Morgan fingerprint density at radius 3 is 1.21 bits per heavy atom. The lowest BCUT2D eigenvalue weighted by Crippen LogP contribution is -1.91. The zero-order chi connectivity index (χ0) is 25.1. The first-order valence-corrected chi connectivity index (χ1v) is 14.0. The second kappa shape index (κ2) is 8.52.